The number of amides is 1. The standard InChI is InChI=1S/C26H31Cl2NO6/c27-22-6-5-7-23(28)21(22)17-32-13-12-31-11-4-2-1-3-10-29-15-25(35-26(29)30)19-8-9-24-20(14-19)16-33-18-34-24/h5-9,14,25H,1-4,10-13,15-18H2/t25-/m0/s1. The van der Waals surface area contributed by atoms with Crippen molar-refractivity contribution in [3.63, 3.8) is 0 Å². The molecule has 0 N–H and O–H groups in total. The van der Waals surface area contributed by atoms with Gasteiger partial charge in [-0.2, -0.15) is 0 Å². The van der Waals surface area contributed by atoms with E-state index in [0.29, 0.717) is 56.2 Å². The van der Waals surface area contributed by atoms with Gasteiger partial charge >= 0.3 is 6.09 Å². The Bertz CT molecular complexity index is 968. The monoisotopic (exact) mass is 523 g/mol. The summed E-state index contributed by atoms with van der Waals surface area (Å²) in [4.78, 5) is 14.1. The van der Waals surface area contributed by atoms with E-state index in [2.05, 4.69) is 0 Å². The van der Waals surface area contributed by atoms with Gasteiger partial charge in [0.2, 0.25) is 0 Å². The molecule has 1 fully saturated rings. The van der Waals surface area contributed by atoms with Crippen LogP contribution in [0.4, 0.5) is 4.79 Å². The highest BCUT2D eigenvalue weighted by molar-refractivity contribution is 6.35. The molecule has 0 aromatic heterocycles. The first-order chi connectivity index (χ1) is 17.1. The van der Waals surface area contributed by atoms with Crippen molar-refractivity contribution in [2.24, 2.45) is 0 Å². The van der Waals surface area contributed by atoms with Crippen molar-refractivity contribution in [2.45, 2.75) is 45.0 Å². The van der Waals surface area contributed by atoms with E-state index in [0.717, 1.165) is 48.1 Å². The Labute approximate surface area is 216 Å². The molecule has 7 nitrogen and oxygen atoms in total. The van der Waals surface area contributed by atoms with Gasteiger partial charge in [-0.05, 0) is 42.7 Å². The number of benzene rings is 2. The quantitative estimate of drug-likeness (QED) is 0.293. The van der Waals surface area contributed by atoms with Gasteiger partial charge in [-0.25, -0.2) is 4.79 Å². The van der Waals surface area contributed by atoms with Crippen LogP contribution in [0, 0.1) is 0 Å². The van der Waals surface area contributed by atoms with Crippen LogP contribution in [-0.2, 0) is 32.2 Å². The second-order valence-electron chi connectivity index (χ2n) is 8.58. The Morgan fingerprint density at radius 3 is 2.63 bits per heavy atom. The average Bonchev–Trinajstić information content (AvgIpc) is 3.24. The normalized spacial score (nSPS) is 17.3. The van der Waals surface area contributed by atoms with Gasteiger partial charge in [-0.15, -0.1) is 0 Å². The molecule has 0 unspecified atom stereocenters. The van der Waals surface area contributed by atoms with Crippen LogP contribution >= 0.6 is 23.2 Å². The largest absolute Gasteiger partial charge is 0.467 e. The molecule has 2 aromatic carbocycles. The lowest BCUT2D eigenvalue weighted by Crippen LogP contribution is -2.25. The number of hydrogen-bond acceptors (Lipinski definition) is 6. The van der Waals surface area contributed by atoms with Crippen LogP contribution in [0.25, 0.3) is 0 Å². The summed E-state index contributed by atoms with van der Waals surface area (Å²) in [5.74, 6) is 0.833. The number of carbonyl (C=O) groups excluding carboxylic acids is 1. The Morgan fingerprint density at radius 1 is 0.971 bits per heavy atom. The smallest absolute Gasteiger partial charge is 0.410 e. The van der Waals surface area contributed by atoms with Crippen molar-refractivity contribution in [1.82, 2.24) is 4.90 Å². The molecule has 2 aliphatic heterocycles. The van der Waals surface area contributed by atoms with Gasteiger partial charge in [-0.1, -0.05) is 48.2 Å². The van der Waals surface area contributed by atoms with Crippen molar-refractivity contribution < 1.29 is 28.5 Å². The summed E-state index contributed by atoms with van der Waals surface area (Å²) < 4.78 is 27.6. The average molecular weight is 524 g/mol. The highest BCUT2D eigenvalue weighted by Gasteiger charge is 2.32. The van der Waals surface area contributed by atoms with E-state index < -0.39 is 0 Å². The first-order valence-corrected chi connectivity index (χ1v) is 12.7. The molecule has 1 amide bonds. The molecule has 4 rings (SSSR count). The van der Waals surface area contributed by atoms with Gasteiger partial charge < -0.3 is 28.6 Å². The van der Waals surface area contributed by atoms with Crippen molar-refractivity contribution in [3.8, 4) is 5.75 Å². The summed E-state index contributed by atoms with van der Waals surface area (Å²) in [5, 5.41) is 1.22. The molecule has 0 spiro atoms. The Morgan fingerprint density at radius 2 is 1.77 bits per heavy atom. The third-order valence-corrected chi connectivity index (χ3v) is 6.75. The van der Waals surface area contributed by atoms with Crippen LogP contribution < -0.4 is 4.74 Å². The van der Waals surface area contributed by atoms with Gasteiger partial charge in [0.25, 0.3) is 0 Å². The van der Waals surface area contributed by atoms with Crippen LogP contribution in [0.15, 0.2) is 36.4 Å². The number of unbranched alkanes of at least 4 members (excludes halogenated alkanes) is 3. The second kappa shape index (κ2) is 13.3. The summed E-state index contributed by atoms with van der Waals surface area (Å²) in [6.45, 7) is 4.15. The van der Waals surface area contributed by atoms with Gasteiger partial charge in [-0.3, -0.25) is 0 Å². The number of carbonyl (C=O) groups is 1. The van der Waals surface area contributed by atoms with Crippen molar-refractivity contribution in [3.05, 3.63) is 63.1 Å². The second-order valence-corrected chi connectivity index (χ2v) is 9.39. The predicted octanol–water partition coefficient (Wildman–Crippen LogP) is 6.15. The molecular formula is C26H31Cl2NO6. The fraction of sp³-hybridized carbons (Fsp3) is 0.500. The number of cyclic esters (lactones) is 1. The summed E-state index contributed by atoms with van der Waals surface area (Å²) >= 11 is 12.3. The first kappa shape index (κ1) is 26.0. The molecule has 2 aliphatic rings. The minimum Gasteiger partial charge on any atom is -0.467 e. The lowest BCUT2D eigenvalue weighted by molar-refractivity contribution is -0.0165. The van der Waals surface area contributed by atoms with Crippen LogP contribution in [0.5, 0.6) is 5.75 Å². The zero-order valence-electron chi connectivity index (χ0n) is 19.7. The topological polar surface area (TPSA) is 66.5 Å². The van der Waals surface area contributed by atoms with E-state index >= 15 is 0 Å². The van der Waals surface area contributed by atoms with Crippen molar-refractivity contribution in [1.29, 1.82) is 0 Å². The lowest BCUT2D eigenvalue weighted by Gasteiger charge is -2.19. The van der Waals surface area contributed by atoms with E-state index in [4.69, 9.17) is 46.9 Å². The predicted molar refractivity (Wildman–Crippen MR) is 133 cm³/mol. The van der Waals surface area contributed by atoms with Gasteiger partial charge in [0.1, 0.15) is 11.9 Å². The first-order valence-electron chi connectivity index (χ1n) is 12.0. The molecule has 2 aromatic rings. The number of ether oxygens (including phenoxy) is 5. The van der Waals surface area contributed by atoms with Crippen molar-refractivity contribution >= 4 is 29.3 Å². The molecule has 2 heterocycles. The van der Waals surface area contributed by atoms with Crippen LogP contribution in [0.3, 0.4) is 0 Å². The number of hydrogen-bond donors (Lipinski definition) is 0. The van der Waals surface area contributed by atoms with Gasteiger partial charge in [0.05, 0.1) is 33.0 Å². The zero-order valence-corrected chi connectivity index (χ0v) is 21.2. The number of nitrogens with zero attached hydrogens (tertiary/aromatic N) is 1. The maximum atomic E-state index is 12.3. The van der Waals surface area contributed by atoms with Crippen LogP contribution in [0.1, 0.15) is 48.5 Å². The highest BCUT2D eigenvalue weighted by atomic mass is 35.5. The van der Waals surface area contributed by atoms with Crippen molar-refractivity contribution in [2.75, 3.05) is 39.7 Å². The number of rotatable bonds is 13. The maximum Gasteiger partial charge on any atom is 0.410 e. The van der Waals surface area contributed by atoms with Crippen LogP contribution in [0.2, 0.25) is 10.0 Å². The minimum absolute atomic E-state index is 0.248. The van der Waals surface area contributed by atoms with E-state index in [-0.39, 0.29) is 19.0 Å². The summed E-state index contributed by atoms with van der Waals surface area (Å²) in [5.41, 5.74) is 2.77. The summed E-state index contributed by atoms with van der Waals surface area (Å²) in [6.07, 6.45) is 3.50. The maximum absolute atomic E-state index is 12.3. The van der Waals surface area contributed by atoms with E-state index in [9.17, 15) is 4.79 Å². The van der Waals surface area contributed by atoms with E-state index in [1.54, 1.807) is 17.0 Å². The van der Waals surface area contributed by atoms with E-state index in [1.807, 2.05) is 24.3 Å². The zero-order chi connectivity index (χ0) is 24.5. The summed E-state index contributed by atoms with van der Waals surface area (Å²) in [6, 6.07) is 11.3. The number of fused-ring (bicyclic) bond motifs is 1. The Kier molecular flexibility index (Phi) is 9.92. The minimum atomic E-state index is -0.251. The fourth-order valence-electron chi connectivity index (χ4n) is 4.10. The Hall–Kier alpha value is -2.03. The molecule has 1 atom stereocenters. The molecule has 0 saturated carbocycles. The molecule has 0 radical (unpaired) electrons. The highest BCUT2D eigenvalue weighted by Crippen LogP contribution is 2.31. The molecule has 9 heteroatoms. The fourth-order valence-corrected chi connectivity index (χ4v) is 4.61. The van der Waals surface area contributed by atoms with Gasteiger partial charge in [0.15, 0.2) is 6.79 Å². The Balaban J connectivity index is 1.03. The van der Waals surface area contributed by atoms with Crippen LogP contribution in [-0.4, -0.2) is 50.7 Å². The molecule has 0 aliphatic carbocycles. The molecule has 35 heavy (non-hydrogen) atoms. The number of halogens is 2. The van der Waals surface area contributed by atoms with Gasteiger partial charge in [0, 0.05) is 34.3 Å². The van der Waals surface area contributed by atoms with E-state index in [1.165, 1.54) is 0 Å². The SMILES string of the molecule is O=C1O[C@H](c2ccc3c(c2)COCO3)CN1CCCCCCOCCOCc1c(Cl)cccc1Cl. The molecule has 0 bridgehead atoms. The third kappa shape index (κ3) is 7.48. The molecule has 1 saturated heterocycles. The lowest BCUT2D eigenvalue weighted by atomic mass is 10.0. The molecular weight excluding hydrogens is 493 g/mol. The summed E-state index contributed by atoms with van der Waals surface area (Å²) in [7, 11) is 0. The molecule has 190 valence electrons. The third-order valence-electron chi connectivity index (χ3n) is 6.05.